The molecular formula is C29H39ClN4O. The van der Waals surface area contributed by atoms with Gasteiger partial charge in [0.2, 0.25) is 5.91 Å². The Bertz CT molecular complexity index is 1080. The lowest BCUT2D eigenvalue weighted by molar-refractivity contribution is -0.122. The van der Waals surface area contributed by atoms with Crippen molar-refractivity contribution >= 4 is 29.2 Å². The SMILES string of the molecule is Cl.NC1CCC(NC(=O)CC(c2cn(Cc3ccccc3)c3ccccc23)C2CCNCC2)CC1. The third kappa shape index (κ3) is 6.27. The van der Waals surface area contributed by atoms with E-state index in [1.807, 2.05) is 0 Å². The van der Waals surface area contributed by atoms with Crippen molar-refractivity contribution in [3.63, 3.8) is 0 Å². The molecule has 1 amide bonds. The molecule has 1 aliphatic heterocycles. The zero-order valence-electron chi connectivity index (χ0n) is 20.5. The van der Waals surface area contributed by atoms with Gasteiger partial charge in [-0.2, -0.15) is 0 Å². The summed E-state index contributed by atoms with van der Waals surface area (Å²) < 4.78 is 2.37. The predicted octanol–water partition coefficient (Wildman–Crippen LogP) is 4.97. The number of aromatic nitrogens is 1. The number of rotatable bonds is 7. The van der Waals surface area contributed by atoms with Gasteiger partial charge in [0.05, 0.1) is 0 Å². The maximum atomic E-state index is 13.3. The summed E-state index contributed by atoms with van der Waals surface area (Å²) >= 11 is 0. The molecule has 4 N–H and O–H groups in total. The number of nitrogens with zero attached hydrogens (tertiary/aromatic N) is 1. The van der Waals surface area contributed by atoms with Crippen LogP contribution in [0.2, 0.25) is 0 Å². The second-order valence-electron chi connectivity index (χ2n) is 10.3. The maximum Gasteiger partial charge on any atom is 0.220 e. The van der Waals surface area contributed by atoms with Crippen molar-refractivity contribution in [3.8, 4) is 0 Å². The number of nitrogens with one attached hydrogen (secondary N) is 2. The van der Waals surface area contributed by atoms with Gasteiger partial charge in [-0.3, -0.25) is 4.79 Å². The average Bonchev–Trinajstić information content (AvgIpc) is 3.23. The minimum Gasteiger partial charge on any atom is -0.353 e. The standard InChI is InChI=1S/C29H38N4O.ClH/c30-23-10-12-24(13-11-23)32-29(34)18-26(22-14-16-31-17-15-22)27-20-33(19-21-6-2-1-3-7-21)28-9-5-4-8-25(27)28;/h1-9,20,22-24,26,31H,10-19,30H2,(H,32,34);1H. The summed E-state index contributed by atoms with van der Waals surface area (Å²) in [6.45, 7) is 2.91. The first-order valence-corrected chi connectivity index (χ1v) is 13.0. The van der Waals surface area contributed by atoms with Crippen LogP contribution in [0.1, 0.15) is 62.0 Å². The first-order valence-electron chi connectivity index (χ1n) is 13.0. The Balaban J connectivity index is 0.00000289. The lowest BCUT2D eigenvalue weighted by Gasteiger charge is -2.32. The van der Waals surface area contributed by atoms with Crippen molar-refractivity contribution in [1.82, 2.24) is 15.2 Å². The summed E-state index contributed by atoms with van der Waals surface area (Å²) in [7, 11) is 0. The average molecular weight is 495 g/mol. The van der Waals surface area contributed by atoms with Crippen LogP contribution in [-0.4, -0.2) is 35.6 Å². The van der Waals surface area contributed by atoms with Gasteiger partial charge in [-0.05, 0) is 80.6 Å². The number of carbonyl (C=O) groups excluding carboxylic acids is 1. The van der Waals surface area contributed by atoms with E-state index in [9.17, 15) is 4.79 Å². The Labute approximate surface area is 215 Å². The molecule has 35 heavy (non-hydrogen) atoms. The Morgan fingerprint density at radius 1 is 0.971 bits per heavy atom. The summed E-state index contributed by atoms with van der Waals surface area (Å²) in [4.78, 5) is 13.3. The molecule has 1 atom stereocenters. The summed E-state index contributed by atoms with van der Waals surface area (Å²) in [5.41, 5.74) is 9.95. The predicted molar refractivity (Wildman–Crippen MR) is 146 cm³/mol. The molecule has 1 unspecified atom stereocenters. The van der Waals surface area contributed by atoms with Gasteiger partial charge in [-0.15, -0.1) is 12.4 Å². The van der Waals surface area contributed by atoms with E-state index in [4.69, 9.17) is 5.73 Å². The van der Waals surface area contributed by atoms with Gasteiger partial charge in [0.15, 0.2) is 0 Å². The van der Waals surface area contributed by atoms with Crippen LogP contribution in [0.3, 0.4) is 0 Å². The number of benzene rings is 2. The van der Waals surface area contributed by atoms with Crippen molar-refractivity contribution in [1.29, 1.82) is 0 Å². The van der Waals surface area contributed by atoms with Crippen LogP contribution in [0.5, 0.6) is 0 Å². The van der Waals surface area contributed by atoms with Crippen LogP contribution in [0, 0.1) is 5.92 Å². The molecule has 1 saturated carbocycles. The molecular weight excluding hydrogens is 456 g/mol. The van der Waals surface area contributed by atoms with Gasteiger partial charge >= 0.3 is 0 Å². The van der Waals surface area contributed by atoms with Gasteiger partial charge in [0.1, 0.15) is 0 Å². The van der Waals surface area contributed by atoms with Crippen LogP contribution in [0.4, 0.5) is 0 Å². The normalized spacial score (nSPS) is 21.9. The van der Waals surface area contributed by atoms with Crippen LogP contribution in [0.25, 0.3) is 10.9 Å². The van der Waals surface area contributed by atoms with E-state index >= 15 is 0 Å². The molecule has 3 aromatic rings. The first kappa shape index (κ1) is 25.7. The highest BCUT2D eigenvalue weighted by atomic mass is 35.5. The molecule has 2 aromatic carbocycles. The molecule has 1 saturated heterocycles. The summed E-state index contributed by atoms with van der Waals surface area (Å²) in [6, 6.07) is 19.9. The first-order chi connectivity index (χ1) is 16.7. The van der Waals surface area contributed by atoms with E-state index in [2.05, 4.69) is 76.0 Å². The van der Waals surface area contributed by atoms with E-state index in [0.29, 0.717) is 18.4 Å². The number of amides is 1. The molecule has 2 heterocycles. The molecule has 1 aliphatic carbocycles. The highest BCUT2D eigenvalue weighted by Crippen LogP contribution is 2.39. The monoisotopic (exact) mass is 494 g/mol. The van der Waals surface area contributed by atoms with Crippen LogP contribution >= 0.6 is 12.4 Å². The molecule has 5 rings (SSSR count). The number of piperidine rings is 1. The molecule has 0 bridgehead atoms. The van der Waals surface area contributed by atoms with Crippen molar-refractivity contribution in [2.45, 2.75) is 69.5 Å². The van der Waals surface area contributed by atoms with Crippen LogP contribution in [-0.2, 0) is 11.3 Å². The highest BCUT2D eigenvalue weighted by molar-refractivity contribution is 5.86. The molecule has 0 spiro atoms. The number of hydrogen-bond acceptors (Lipinski definition) is 3. The van der Waals surface area contributed by atoms with Gasteiger partial charge in [-0.1, -0.05) is 48.5 Å². The molecule has 2 aliphatic rings. The lowest BCUT2D eigenvalue weighted by atomic mass is 9.78. The van der Waals surface area contributed by atoms with Gasteiger partial charge in [0, 0.05) is 42.1 Å². The maximum absolute atomic E-state index is 13.3. The molecule has 188 valence electrons. The Morgan fingerprint density at radius 3 is 2.40 bits per heavy atom. The van der Waals surface area contributed by atoms with Crippen molar-refractivity contribution in [3.05, 3.63) is 71.9 Å². The molecule has 0 radical (unpaired) electrons. The number of fused-ring (bicyclic) bond motifs is 1. The highest BCUT2D eigenvalue weighted by Gasteiger charge is 2.30. The number of hydrogen-bond donors (Lipinski definition) is 3. The van der Waals surface area contributed by atoms with Gasteiger partial charge < -0.3 is 20.9 Å². The Kier molecular flexibility index (Phi) is 8.88. The van der Waals surface area contributed by atoms with Crippen LogP contribution < -0.4 is 16.4 Å². The molecule has 5 nitrogen and oxygen atoms in total. The number of halogens is 1. The van der Waals surface area contributed by atoms with E-state index in [-0.39, 0.29) is 30.3 Å². The van der Waals surface area contributed by atoms with Gasteiger partial charge in [-0.25, -0.2) is 0 Å². The van der Waals surface area contributed by atoms with Crippen LogP contribution in [0.15, 0.2) is 60.8 Å². The smallest absolute Gasteiger partial charge is 0.220 e. The third-order valence-electron chi connectivity index (χ3n) is 7.91. The van der Waals surface area contributed by atoms with Crippen molar-refractivity contribution in [2.24, 2.45) is 11.7 Å². The Morgan fingerprint density at radius 2 is 1.66 bits per heavy atom. The molecule has 1 aromatic heterocycles. The fraction of sp³-hybridized carbons (Fsp3) is 0.483. The second-order valence-corrected chi connectivity index (χ2v) is 10.3. The fourth-order valence-corrected chi connectivity index (χ4v) is 6.01. The minimum absolute atomic E-state index is 0. The third-order valence-corrected chi connectivity index (χ3v) is 7.91. The lowest BCUT2D eigenvalue weighted by Crippen LogP contribution is -2.41. The van der Waals surface area contributed by atoms with Crippen molar-refractivity contribution in [2.75, 3.05) is 13.1 Å². The summed E-state index contributed by atoms with van der Waals surface area (Å²) in [6.07, 6.45) is 9.15. The number of para-hydroxylation sites is 1. The molecule has 6 heteroatoms. The van der Waals surface area contributed by atoms with E-state index in [1.54, 1.807) is 0 Å². The second kappa shape index (κ2) is 12.1. The summed E-state index contributed by atoms with van der Waals surface area (Å²) in [5, 5.41) is 8.15. The van der Waals surface area contributed by atoms with E-state index in [0.717, 1.165) is 58.2 Å². The number of carbonyl (C=O) groups is 1. The fourth-order valence-electron chi connectivity index (χ4n) is 6.01. The Hall–Kier alpha value is -2.34. The van der Waals surface area contributed by atoms with Gasteiger partial charge in [0.25, 0.3) is 0 Å². The number of nitrogens with two attached hydrogens (primary N) is 1. The summed E-state index contributed by atoms with van der Waals surface area (Å²) in [5.74, 6) is 0.946. The van der Waals surface area contributed by atoms with E-state index < -0.39 is 0 Å². The topological polar surface area (TPSA) is 72.1 Å². The van der Waals surface area contributed by atoms with Crippen molar-refractivity contribution < 1.29 is 4.79 Å². The van der Waals surface area contributed by atoms with E-state index in [1.165, 1.54) is 22.0 Å². The zero-order valence-corrected chi connectivity index (χ0v) is 21.3. The largest absolute Gasteiger partial charge is 0.353 e. The minimum atomic E-state index is 0. The molecule has 2 fully saturated rings. The zero-order chi connectivity index (χ0) is 23.3. The quantitative estimate of drug-likeness (QED) is 0.434.